The summed E-state index contributed by atoms with van der Waals surface area (Å²) in [7, 11) is -10.9. The Labute approximate surface area is 375 Å². The Balaban J connectivity index is 1.01. The third-order valence-electron chi connectivity index (χ3n) is 11.2. The molecule has 2 N–H and O–H groups in total. The number of hydrogen-bond acceptors (Lipinski definition) is 12. The molecule has 3 aliphatic heterocycles. The minimum absolute atomic E-state index is 0.0135. The number of carbonyl (C=O) groups excluding carboxylic acids is 1. The molecule has 0 aromatic heterocycles. The van der Waals surface area contributed by atoms with Crippen molar-refractivity contribution in [1.82, 2.24) is 14.5 Å². The maximum atomic E-state index is 14.1. The lowest BCUT2D eigenvalue weighted by Crippen LogP contribution is -2.47. The van der Waals surface area contributed by atoms with Crippen molar-refractivity contribution >= 4 is 66.1 Å². The van der Waals surface area contributed by atoms with Crippen LogP contribution in [0, 0.1) is 0 Å². The smallest absolute Gasteiger partial charge is 0.380 e. The number of hydrogen-bond donors (Lipinski definition) is 2. The van der Waals surface area contributed by atoms with Crippen LogP contribution in [0.5, 0.6) is 0 Å². The molecule has 2 saturated heterocycles. The van der Waals surface area contributed by atoms with Gasteiger partial charge in [0, 0.05) is 85.3 Å². The highest BCUT2D eigenvalue weighted by atomic mass is 35.5. The number of nitrogens with zero attached hydrogens (tertiary/aromatic N) is 3. The molecule has 0 spiro atoms. The lowest BCUT2D eigenvalue weighted by molar-refractivity contribution is -0.0435. The van der Waals surface area contributed by atoms with Crippen LogP contribution in [0.15, 0.2) is 117 Å². The number of nitrogens with one attached hydrogen (secondary N) is 2. The standard InChI is InChI=1S/C44H49ClF3N5O7S3/c45-35-10-6-32(7-11-35)40-17-25-60-30-34(40)29-52-19-21-53(22-20-52)37-12-8-33(9-13-37)43(54)50-63(57,58)39-14-15-41(42(28-39)62(55,56)44(46,47)48)49-36(16-18-51-23-26-59-27-24-51)31-61-38-4-2-1-3-5-38/h1-15,28,36,49H,16-27,29-31H2,(H,50,54)/t36-/m1/s1. The van der Waals surface area contributed by atoms with Gasteiger partial charge in [-0.3, -0.25) is 14.6 Å². The van der Waals surface area contributed by atoms with Crippen molar-refractivity contribution in [1.29, 1.82) is 0 Å². The number of sulfonamides is 1. The van der Waals surface area contributed by atoms with Crippen molar-refractivity contribution in [3.8, 4) is 0 Å². The van der Waals surface area contributed by atoms with Crippen LogP contribution in [0.3, 0.4) is 0 Å². The van der Waals surface area contributed by atoms with Gasteiger partial charge >= 0.3 is 5.51 Å². The molecule has 2 fully saturated rings. The third-order valence-corrected chi connectivity index (χ3v) is 15.5. The molecule has 4 aromatic rings. The van der Waals surface area contributed by atoms with E-state index in [4.69, 9.17) is 21.1 Å². The summed E-state index contributed by atoms with van der Waals surface area (Å²) in [5.74, 6) is -0.666. The normalized spacial score (nSPS) is 17.7. The molecule has 0 unspecified atom stereocenters. The zero-order valence-corrected chi connectivity index (χ0v) is 37.6. The molecule has 19 heteroatoms. The van der Waals surface area contributed by atoms with Gasteiger partial charge in [0.15, 0.2) is 0 Å². The summed E-state index contributed by atoms with van der Waals surface area (Å²) < 4.78 is 109. The van der Waals surface area contributed by atoms with Crippen molar-refractivity contribution in [2.45, 2.75) is 39.1 Å². The first-order valence-corrected chi connectivity index (χ1v) is 24.9. The second kappa shape index (κ2) is 20.8. The first kappa shape index (κ1) is 46.8. The average Bonchev–Trinajstić information content (AvgIpc) is 3.28. The molecule has 4 aromatic carbocycles. The Hall–Kier alpha value is -4.14. The van der Waals surface area contributed by atoms with Gasteiger partial charge in [0.2, 0.25) is 0 Å². The van der Waals surface area contributed by atoms with Gasteiger partial charge in [-0.25, -0.2) is 21.6 Å². The molecule has 63 heavy (non-hydrogen) atoms. The topological polar surface area (TPSA) is 138 Å². The van der Waals surface area contributed by atoms with Crippen molar-refractivity contribution in [3.05, 3.63) is 119 Å². The van der Waals surface area contributed by atoms with E-state index in [1.165, 1.54) is 35.0 Å². The number of anilines is 2. The highest BCUT2D eigenvalue weighted by Gasteiger charge is 2.48. The SMILES string of the molecule is O=C(NS(=O)(=O)c1ccc(N[C@H](CCN2CCOCC2)CSc2ccccc2)c(S(=O)(=O)C(F)(F)F)c1)c1ccc(N2CCN(CC3=C(c4ccc(Cl)cc4)CCOC3)CC2)cc1. The van der Waals surface area contributed by atoms with Crippen LogP contribution in [-0.2, 0) is 29.3 Å². The fourth-order valence-corrected chi connectivity index (χ4v) is 10.8. The molecule has 0 bridgehead atoms. The number of halogens is 4. The van der Waals surface area contributed by atoms with Gasteiger partial charge in [-0.1, -0.05) is 41.9 Å². The predicted octanol–water partition coefficient (Wildman–Crippen LogP) is 7.04. The molecule has 338 valence electrons. The number of alkyl halides is 3. The van der Waals surface area contributed by atoms with E-state index < -0.39 is 52.8 Å². The van der Waals surface area contributed by atoms with Gasteiger partial charge in [0.1, 0.15) is 4.90 Å². The van der Waals surface area contributed by atoms with Gasteiger partial charge in [-0.05, 0) is 96.3 Å². The molecule has 0 aliphatic carbocycles. The van der Waals surface area contributed by atoms with Crippen LogP contribution in [0.1, 0.15) is 28.8 Å². The summed E-state index contributed by atoms with van der Waals surface area (Å²) in [6.45, 7) is 7.99. The first-order valence-electron chi connectivity index (χ1n) is 20.6. The van der Waals surface area contributed by atoms with Crippen molar-refractivity contribution in [2.75, 3.05) is 94.8 Å². The minimum atomic E-state index is -6.05. The Kier molecular flexibility index (Phi) is 15.5. The number of sulfone groups is 1. The Bertz CT molecular complexity index is 2450. The molecule has 3 heterocycles. The molecule has 0 saturated carbocycles. The quantitative estimate of drug-likeness (QED) is 0.112. The van der Waals surface area contributed by atoms with E-state index in [-0.39, 0.29) is 5.56 Å². The fraction of sp³-hybridized carbons (Fsp3) is 0.386. The molecule has 0 radical (unpaired) electrons. The number of thioether (sulfide) groups is 1. The van der Waals surface area contributed by atoms with E-state index in [0.29, 0.717) is 82.4 Å². The molecule has 1 amide bonds. The predicted molar refractivity (Wildman–Crippen MR) is 240 cm³/mol. The molecule has 12 nitrogen and oxygen atoms in total. The van der Waals surface area contributed by atoms with Gasteiger partial charge in [0.25, 0.3) is 25.8 Å². The Morgan fingerprint density at radius 2 is 1.51 bits per heavy atom. The number of rotatable bonds is 16. The monoisotopic (exact) mass is 947 g/mol. The highest BCUT2D eigenvalue weighted by Crippen LogP contribution is 2.37. The maximum Gasteiger partial charge on any atom is 0.501 e. The van der Waals surface area contributed by atoms with E-state index in [0.717, 1.165) is 54.3 Å². The number of benzene rings is 4. The first-order chi connectivity index (χ1) is 30.2. The number of carbonyl (C=O) groups is 1. The molecular formula is C44H49ClF3N5O7S3. The van der Waals surface area contributed by atoms with E-state index in [1.807, 2.05) is 59.3 Å². The summed E-state index contributed by atoms with van der Waals surface area (Å²) in [4.78, 5) is 18.8. The van der Waals surface area contributed by atoms with Crippen LogP contribution in [0.2, 0.25) is 5.02 Å². The number of piperazine rings is 1. The summed E-state index contributed by atoms with van der Waals surface area (Å²) >= 11 is 7.56. The number of morpholine rings is 1. The lowest BCUT2D eigenvalue weighted by Gasteiger charge is -2.37. The summed E-state index contributed by atoms with van der Waals surface area (Å²) in [6, 6.07) is 25.4. The molecular weight excluding hydrogens is 899 g/mol. The largest absolute Gasteiger partial charge is 0.501 e. The van der Waals surface area contributed by atoms with E-state index in [2.05, 4.69) is 20.0 Å². The van der Waals surface area contributed by atoms with Crippen molar-refractivity contribution < 1.29 is 44.3 Å². The average molecular weight is 949 g/mol. The fourth-order valence-electron chi connectivity index (χ4n) is 7.70. The maximum absolute atomic E-state index is 14.1. The second-order valence-electron chi connectivity index (χ2n) is 15.5. The van der Waals surface area contributed by atoms with Crippen LogP contribution in [-0.4, -0.2) is 129 Å². The van der Waals surface area contributed by atoms with Crippen LogP contribution in [0.4, 0.5) is 24.5 Å². The number of ether oxygens (including phenoxy) is 2. The zero-order valence-electron chi connectivity index (χ0n) is 34.4. The van der Waals surface area contributed by atoms with Crippen molar-refractivity contribution in [2.24, 2.45) is 0 Å². The highest BCUT2D eigenvalue weighted by molar-refractivity contribution is 7.99. The molecule has 7 rings (SSSR count). The second-order valence-corrected chi connectivity index (χ2v) is 20.6. The van der Waals surface area contributed by atoms with Gasteiger partial charge in [-0.2, -0.15) is 13.2 Å². The van der Waals surface area contributed by atoms with Crippen LogP contribution >= 0.6 is 23.4 Å². The zero-order chi connectivity index (χ0) is 44.6. The van der Waals surface area contributed by atoms with Gasteiger partial charge in [0.05, 0.1) is 37.0 Å². The van der Waals surface area contributed by atoms with Gasteiger partial charge in [-0.15, -0.1) is 11.8 Å². The van der Waals surface area contributed by atoms with E-state index in [1.54, 1.807) is 12.1 Å². The van der Waals surface area contributed by atoms with Crippen LogP contribution in [0.25, 0.3) is 5.57 Å². The lowest BCUT2D eigenvalue weighted by atomic mass is 9.95. The Morgan fingerprint density at radius 1 is 0.810 bits per heavy atom. The molecule has 3 aliphatic rings. The summed E-state index contributed by atoms with van der Waals surface area (Å²) in [5.41, 5.74) is -1.67. The van der Waals surface area contributed by atoms with Crippen molar-refractivity contribution in [3.63, 3.8) is 0 Å². The van der Waals surface area contributed by atoms with Crippen LogP contribution < -0.4 is 14.9 Å². The Morgan fingerprint density at radius 3 is 2.19 bits per heavy atom. The summed E-state index contributed by atoms with van der Waals surface area (Å²) in [5, 5.41) is 3.67. The van der Waals surface area contributed by atoms with E-state index >= 15 is 0 Å². The molecule has 1 atom stereocenters. The van der Waals surface area contributed by atoms with Gasteiger partial charge < -0.3 is 19.7 Å². The summed E-state index contributed by atoms with van der Waals surface area (Å²) in [6.07, 6.45) is 1.27. The van der Waals surface area contributed by atoms with E-state index in [9.17, 15) is 34.8 Å². The third kappa shape index (κ3) is 12.2. The number of amides is 1. The minimum Gasteiger partial charge on any atom is -0.380 e.